The van der Waals surface area contributed by atoms with E-state index in [9.17, 15) is 9.18 Å². The summed E-state index contributed by atoms with van der Waals surface area (Å²) < 4.78 is 14.6. The normalized spacial score (nSPS) is 12.9. The van der Waals surface area contributed by atoms with Gasteiger partial charge in [0, 0.05) is 0 Å². The zero-order chi connectivity index (χ0) is 6.57. The van der Waals surface area contributed by atoms with E-state index >= 15 is 0 Å². The minimum atomic E-state index is -1.52. The molecule has 0 saturated heterocycles. The van der Waals surface area contributed by atoms with Gasteiger partial charge in [0.05, 0.1) is 6.61 Å². The van der Waals surface area contributed by atoms with Crippen molar-refractivity contribution in [2.75, 3.05) is 6.61 Å². The summed E-state index contributed by atoms with van der Waals surface area (Å²) in [7, 11) is 0. The molecule has 0 aliphatic rings. The van der Waals surface area contributed by atoms with E-state index in [1.165, 1.54) is 22.6 Å². The van der Waals surface area contributed by atoms with Gasteiger partial charge in [-0.15, -0.1) is 0 Å². The zero-order valence-corrected chi connectivity index (χ0v) is 6.51. The lowest BCUT2D eigenvalue weighted by atomic mass is 10.7. The average Bonchev–Trinajstić information content (AvgIpc) is 1.67. The van der Waals surface area contributed by atoms with Crippen molar-refractivity contribution >= 4 is 28.6 Å². The Morgan fingerprint density at radius 2 is 2.50 bits per heavy atom. The Labute approximate surface area is 60.5 Å². The van der Waals surface area contributed by atoms with Gasteiger partial charge in [0.1, 0.15) is 0 Å². The summed E-state index contributed by atoms with van der Waals surface area (Å²) in [5.74, 6) is -0.798. The molecule has 0 aromatic rings. The Kier molecular flexibility index (Phi) is 4.12. The highest BCUT2D eigenvalue weighted by molar-refractivity contribution is 14.1. The van der Waals surface area contributed by atoms with E-state index in [1.807, 2.05) is 0 Å². The van der Waals surface area contributed by atoms with E-state index in [4.69, 9.17) is 0 Å². The van der Waals surface area contributed by atoms with Crippen LogP contribution in [0.2, 0.25) is 0 Å². The van der Waals surface area contributed by atoms with Gasteiger partial charge in [-0.2, -0.15) is 0 Å². The molecule has 0 bridgehead atoms. The van der Waals surface area contributed by atoms with Crippen molar-refractivity contribution in [1.29, 1.82) is 0 Å². The number of rotatable bonds is 2. The van der Waals surface area contributed by atoms with E-state index in [-0.39, 0.29) is 6.61 Å². The molecule has 0 rings (SSSR count). The lowest BCUT2D eigenvalue weighted by Gasteiger charge is -1.97. The van der Waals surface area contributed by atoms with Crippen LogP contribution in [-0.4, -0.2) is 16.8 Å². The number of carbonyl (C=O) groups excluding carboxylic acids is 1. The minimum absolute atomic E-state index is 0.238. The fourth-order valence-corrected chi connectivity index (χ4v) is 0.385. The number of alkyl halides is 2. The molecule has 0 saturated carbocycles. The molecule has 0 aliphatic carbocycles. The van der Waals surface area contributed by atoms with Crippen LogP contribution in [0.4, 0.5) is 4.39 Å². The molecular weight excluding hydrogens is 226 g/mol. The molecule has 0 radical (unpaired) electrons. The molecule has 0 aromatic carbocycles. The Bertz CT molecular complexity index is 84.1. The Morgan fingerprint density at radius 1 is 2.00 bits per heavy atom. The van der Waals surface area contributed by atoms with Gasteiger partial charge in [-0.05, 0) is 29.5 Å². The molecule has 0 aliphatic heterocycles. The maximum absolute atomic E-state index is 11.8. The van der Waals surface area contributed by atoms with Gasteiger partial charge in [0.25, 0.3) is 0 Å². The maximum atomic E-state index is 11.8. The molecule has 0 unspecified atom stereocenters. The van der Waals surface area contributed by atoms with Crippen LogP contribution >= 0.6 is 22.6 Å². The predicted octanol–water partition coefficient (Wildman–Crippen LogP) is 1.28. The van der Waals surface area contributed by atoms with Gasteiger partial charge < -0.3 is 4.74 Å². The first kappa shape index (κ1) is 8.13. The van der Waals surface area contributed by atoms with Gasteiger partial charge >= 0.3 is 5.97 Å². The third-order valence-corrected chi connectivity index (χ3v) is 0.973. The van der Waals surface area contributed by atoms with E-state index in [0.29, 0.717) is 0 Å². The summed E-state index contributed by atoms with van der Waals surface area (Å²) >= 11 is 1.35. The molecule has 0 N–H and O–H groups in total. The first-order valence-corrected chi connectivity index (χ1v) is 3.37. The largest absolute Gasteiger partial charge is 0.463 e. The first-order chi connectivity index (χ1) is 3.68. The van der Waals surface area contributed by atoms with Crippen LogP contribution in [0.15, 0.2) is 0 Å². The fourth-order valence-electron chi connectivity index (χ4n) is 0.205. The van der Waals surface area contributed by atoms with E-state index < -0.39 is 10.1 Å². The van der Waals surface area contributed by atoms with Crippen LogP contribution in [0.1, 0.15) is 6.92 Å². The first-order valence-electron chi connectivity index (χ1n) is 2.13. The molecule has 0 fully saturated rings. The van der Waals surface area contributed by atoms with Crippen molar-refractivity contribution < 1.29 is 13.9 Å². The molecule has 0 spiro atoms. The molecule has 48 valence electrons. The molecular formula is C4H6FIO2. The van der Waals surface area contributed by atoms with Crippen LogP contribution < -0.4 is 0 Å². The highest BCUT2D eigenvalue weighted by atomic mass is 127. The monoisotopic (exact) mass is 232 g/mol. The van der Waals surface area contributed by atoms with Crippen molar-refractivity contribution in [3.63, 3.8) is 0 Å². The van der Waals surface area contributed by atoms with E-state index in [2.05, 4.69) is 4.74 Å². The number of halogens is 2. The smallest absolute Gasteiger partial charge is 0.351 e. The lowest BCUT2D eigenvalue weighted by molar-refractivity contribution is -0.144. The van der Waals surface area contributed by atoms with Gasteiger partial charge in [0.15, 0.2) is 0 Å². The molecule has 4 heteroatoms. The van der Waals surface area contributed by atoms with Gasteiger partial charge in [0.2, 0.25) is 4.18 Å². The zero-order valence-electron chi connectivity index (χ0n) is 4.36. The third kappa shape index (κ3) is 3.17. The Hall–Kier alpha value is 0.130. The number of ether oxygens (including phenoxy) is 1. The topological polar surface area (TPSA) is 26.3 Å². The third-order valence-electron chi connectivity index (χ3n) is 0.465. The standard InChI is InChI=1S/C4H6FIO2/c1-2-8-4(7)3(5)6/h3H,2H2,1H3/t3-/m1/s1. The van der Waals surface area contributed by atoms with Crippen LogP contribution in [0.5, 0.6) is 0 Å². The second kappa shape index (κ2) is 4.05. The predicted molar refractivity (Wildman–Crippen MR) is 35.5 cm³/mol. The second-order valence-electron chi connectivity index (χ2n) is 1.05. The van der Waals surface area contributed by atoms with Gasteiger partial charge in [-0.1, -0.05) is 0 Å². The molecule has 0 amide bonds. The quantitative estimate of drug-likeness (QED) is 0.407. The van der Waals surface area contributed by atoms with Crippen LogP contribution in [-0.2, 0) is 9.53 Å². The average molecular weight is 232 g/mol. The van der Waals surface area contributed by atoms with Crippen LogP contribution in [0.3, 0.4) is 0 Å². The highest BCUT2D eigenvalue weighted by Gasteiger charge is 2.11. The molecule has 8 heavy (non-hydrogen) atoms. The summed E-state index contributed by atoms with van der Waals surface area (Å²) in [6.45, 7) is 1.87. The summed E-state index contributed by atoms with van der Waals surface area (Å²) in [5, 5.41) is 0. The van der Waals surface area contributed by atoms with Gasteiger partial charge in [-0.25, -0.2) is 9.18 Å². The number of hydrogen-bond acceptors (Lipinski definition) is 2. The van der Waals surface area contributed by atoms with Crippen molar-refractivity contribution in [1.82, 2.24) is 0 Å². The summed E-state index contributed by atoms with van der Waals surface area (Å²) in [6, 6.07) is 0. The summed E-state index contributed by atoms with van der Waals surface area (Å²) in [6.07, 6.45) is 0. The second-order valence-corrected chi connectivity index (χ2v) is 2.15. The SMILES string of the molecule is CCOC(=O)[C@H](F)I. The number of hydrogen-bond donors (Lipinski definition) is 0. The van der Waals surface area contributed by atoms with E-state index in [0.717, 1.165) is 0 Å². The van der Waals surface area contributed by atoms with Crippen LogP contribution in [0, 0.1) is 0 Å². The fraction of sp³-hybridized carbons (Fsp3) is 0.750. The summed E-state index contributed by atoms with van der Waals surface area (Å²) in [5.41, 5.74) is 0. The van der Waals surface area contributed by atoms with Crippen LogP contribution in [0.25, 0.3) is 0 Å². The van der Waals surface area contributed by atoms with Crippen molar-refractivity contribution in [3.05, 3.63) is 0 Å². The highest BCUT2D eigenvalue weighted by Crippen LogP contribution is 2.02. The summed E-state index contributed by atoms with van der Waals surface area (Å²) in [4.78, 5) is 10.1. The Balaban J connectivity index is 3.33. The molecule has 1 atom stereocenters. The molecule has 2 nitrogen and oxygen atoms in total. The molecule has 0 heterocycles. The number of carbonyl (C=O) groups is 1. The number of esters is 1. The van der Waals surface area contributed by atoms with E-state index in [1.54, 1.807) is 6.92 Å². The van der Waals surface area contributed by atoms with Crippen molar-refractivity contribution in [2.45, 2.75) is 11.1 Å². The lowest BCUT2D eigenvalue weighted by Crippen LogP contribution is -2.11. The minimum Gasteiger partial charge on any atom is -0.463 e. The molecule has 0 aromatic heterocycles. The maximum Gasteiger partial charge on any atom is 0.351 e. The van der Waals surface area contributed by atoms with Crippen molar-refractivity contribution in [3.8, 4) is 0 Å². The Morgan fingerprint density at radius 3 is 2.62 bits per heavy atom. The van der Waals surface area contributed by atoms with Gasteiger partial charge in [-0.3, -0.25) is 0 Å². The van der Waals surface area contributed by atoms with Crippen molar-refractivity contribution in [2.24, 2.45) is 0 Å².